The van der Waals surface area contributed by atoms with Crippen LogP contribution in [0.4, 0.5) is 5.95 Å². The molecule has 3 aromatic rings. The van der Waals surface area contributed by atoms with Gasteiger partial charge < -0.3 is 11.1 Å². The van der Waals surface area contributed by atoms with Crippen molar-refractivity contribution < 1.29 is 4.79 Å². The van der Waals surface area contributed by atoms with E-state index < -0.39 is 11.9 Å². The van der Waals surface area contributed by atoms with Crippen LogP contribution in [0.15, 0.2) is 59.8 Å². The summed E-state index contributed by atoms with van der Waals surface area (Å²) in [5.74, 6) is 0.625. The average Bonchev–Trinajstić information content (AvgIpc) is 3.04. The number of rotatable bonds is 3. The third-order valence-corrected chi connectivity index (χ3v) is 4.83. The highest BCUT2D eigenvalue weighted by molar-refractivity contribution is 6.30. The number of fused-ring (bicyclic) bond motifs is 1. The van der Waals surface area contributed by atoms with E-state index in [4.69, 9.17) is 17.3 Å². The molecular weight excluding hydrogens is 362 g/mol. The van der Waals surface area contributed by atoms with Crippen LogP contribution < -0.4 is 11.1 Å². The van der Waals surface area contributed by atoms with E-state index >= 15 is 0 Å². The second-order valence-corrected chi connectivity index (χ2v) is 6.99. The molecular formula is C20H18ClN5O. The van der Waals surface area contributed by atoms with Crippen molar-refractivity contribution >= 4 is 23.5 Å². The smallest absolute Gasteiger partial charge is 0.248 e. The molecule has 0 radical (unpaired) electrons. The molecule has 3 N–H and O–H groups in total. The van der Waals surface area contributed by atoms with Crippen LogP contribution in [0.2, 0.25) is 5.02 Å². The number of hydrogen-bond donors (Lipinski definition) is 2. The Morgan fingerprint density at radius 1 is 1.19 bits per heavy atom. The summed E-state index contributed by atoms with van der Waals surface area (Å²) in [4.78, 5) is 16.8. The molecule has 0 spiro atoms. The zero-order valence-corrected chi connectivity index (χ0v) is 15.7. The van der Waals surface area contributed by atoms with Crippen molar-refractivity contribution in [2.45, 2.75) is 19.9 Å². The molecule has 0 saturated heterocycles. The minimum Gasteiger partial charge on any atom is -0.366 e. The number of carbonyl (C=O) groups is 1. The maximum Gasteiger partial charge on any atom is 0.248 e. The lowest BCUT2D eigenvalue weighted by Gasteiger charge is -2.27. The van der Waals surface area contributed by atoms with Crippen LogP contribution in [0, 0.1) is 6.92 Å². The minimum atomic E-state index is -0.485. The molecule has 4 rings (SSSR count). The van der Waals surface area contributed by atoms with Crippen LogP contribution in [0.25, 0.3) is 11.4 Å². The average molecular weight is 380 g/mol. The normalized spacial score (nSPS) is 16.0. The van der Waals surface area contributed by atoms with Crippen molar-refractivity contribution in [3.05, 3.63) is 76.0 Å². The topological polar surface area (TPSA) is 85.8 Å². The maximum absolute atomic E-state index is 12.2. The molecule has 1 atom stereocenters. The molecule has 1 aliphatic heterocycles. The predicted molar refractivity (Wildman–Crippen MR) is 105 cm³/mol. The summed E-state index contributed by atoms with van der Waals surface area (Å²) in [6, 6.07) is 14.8. The van der Waals surface area contributed by atoms with E-state index in [9.17, 15) is 4.79 Å². The number of allylic oxidation sites excluding steroid dienone is 1. The predicted octanol–water partition coefficient (Wildman–Crippen LogP) is 3.68. The van der Waals surface area contributed by atoms with E-state index in [1.807, 2.05) is 50.2 Å². The third-order valence-electron chi connectivity index (χ3n) is 4.58. The quantitative estimate of drug-likeness (QED) is 0.726. The number of halogens is 1. The highest BCUT2D eigenvalue weighted by Crippen LogP contribution is 2.36. The van der Waals surface area contributed by atoms with Gasteiger partial charge in [0.05, 0.1) is 5.57 Å². The number of hydrogen-bond acceptors (Lipinski definition) is 4. The Balaban J connectivity index is 1.88. The van der Waals surface area contributed by atoms with Gasteiger partial charge in [-0.3, -0.25) is 4.79 Å². The van der Waals surface area contributed by atoms with E-state index in [-0.39, 0.29) is 0 Å². The SMILES string of the molecule is CC1=C(C(N)=O)[C@@H](c2cccc(C)c2)n2nc(-c3ccc(Cl)cc3)nc2N1. The molecule has 27 heavy (non-hydrogen) atoms. The molecule has 1 amide bonds. The molecule has 0 bridgehead atoms. The van der Waals surface area contributed by atoms with Gasteiger partial charge in [-0.05, 0) is 43.7 Å². The Bertz CT molecular complexity index is 1070. The fourth-order valence-electron chi connectivity index (χ4n) is 3.34. The van der Waals surface area contributed by atoms with Crippen LogP contribution in [0.5, 0.6) is 0 Å². The molecule has 6 nitrogen and oxygen atoms in total. The Hall–Kier alpha value is -3.12. The van der Waals surface area contributed by atoms with E-state index in [1.54, 1.807) is 16.8 Å². The second kappa shape index (κ2) is 6.55. The third kappa shape index (κ3) is 3.08. The fourth-order valence-corrected chi connectivity index (χ4v) is 3.47. The molecule has 2 heterocycles. The Labute approximate surface area is 161 Å². The number of nitrogens with two attached hydrogens (primary N) is 1. The van der Waals surface area contributed by atoms with Crippen molar-refractivity contribution in [2.75, 3.05) is 5.32 Å². The second-order valence-electron chi connectivity index (χ2n) is 6.56. The summed E-state index contributed by atoms with van der Waals surface area (Å²) < 4.78 is 1.71. The first-order valence-corrected chi connectivity index (χ1v) is 8.88. The highest BCUT2D eigenvalue weighted by atomic mass is 35.5. The highest BCUT2D eigenvalue weighted by Gasteiger charge is 2.33. The van der Waals surface area contributed by atoms with Crippen LogP contribution in [-0.2, 0) is 4.79 Å². The lowest BCUT2D eigenvalue weighted by molar-refractivity contribution is -0.115. The van der Waals surface area contributed by atoms with Gasteiger partial charge in [0.15, 0.2) is 5.82 Å². The number of carbonyl (C=O) groups excluding carboxylic acids is 1. The maximum atomic E-state index is 12.2. The summed E-state index contributed by atoms with van der Waals surface area (Å²) in [7, 11) is 0. The summed E-state index contributed by atoms with van der Waals surface area (Å²) in [5.41, 5.74) is 9.71. The van der Waals surface area contributed by atoms with Crippen LogP contribution in [0.1, 0.15) is 24.1 Å². The molecule has 2 aromatic carbocycles. The van der Waals surface area contributed by atoms with Crippen LogP contribution in [-0.4, -0.2) is 20.7 Å². The van der Waals surface area contributed by atoms with Gasteiger partial charge in [-0.25, -0.2) is 4.68 Å². The molecule has 136 valence electrons. The van der Waals surface area contributed by atoms with Gasteiger partial charge in [0.2, 0.25) is 11.9 Å². The van der Waals surface area contributed by atoms with Gasteiger partial charge in [0.1, 0.15) is 6.04 Å². The number of amides is 1. The zero-order valence-electron chi connectivity index (χ0n) is 14.9. The lowest BCUT2D eigenvalue weighted by Crippen LogP contribution is -2.31. The molecule has 1 aromatic heterocycles. The first kappa shape index (κ1) is 17.3. The largest absolute Gasteiger partial charge is 0.366 e. The van der Waals surface area contributed by atoms with Crippen molar-refractivity contribution in [3.63, 3.8) is 0 Å². The van der Waals surface area contributed by atoms with Crippen LogP contribution >= 0.6 is 11.6 Å². The van der Waals surface area contributed by atoms with E-state index in [0.29, 0.717) is 28.1 Å². The lowest BCUT2D eigenvalue weighted by atomic mass is 9.94. The number of aromatic nitrogens is 3. The number of anilines is 1. The minimum absolute atomic E-state index is 0.438. The molecule has 1 aliphatic rings. The van der Waals surface area contributed by atoms with Crippen LogP contribution in [0.3, 0.4) is 0 Å². The van der Waals surface area contributed by atoms with Gasteiger partial charge in [-0.2, -0.15) is 4.98 Å². The summed E-state index contributed by atoms with van der Waals surface area (Å²) >= 11 is 5.97. The van der Waals surface area contributed by atoms with Gasteiger partial charge in [-0.15, -0.1) is 5.10 Å². The fraction of sp³-hybridized carbons (Fsp3) is 0.150. The van der Waals surface area contributed by atoms with Gasteiger partial charge in [0, 0.05) is 16.3 Å². The number of aryl methyl sites for hydroxylation is 1. The standard InChI is InChI=1S/C20H18ClN5O/c1-11-4-3-5-14(10-11)17-16(18(22)27)12(2)23-20-24-19(25-26(17)20)13-6-8-15(21)9-7-13/h3-10,17H,1-2H3,(H2,22,27)(H,23,24,25)/t17-/m1/s1. The van der Waals surface area contributed by atoms with Gasteiger partial charge >= 0.3 is 0 Å². The first-order valence-electron chi connectivity index (χ1n) is 8.50. The van der Waals surface area contributed by atoms with E-state index in [2.05, 4.69) is 15.4 Å². The summed E-state index contributed by atoms with van der Waals surface area (Å²) in [6.07, 6.45) is 0. The molecule has 0 saturated carbocycles. The van der Waals surface area contributed by atoms with Crippen molar-refractivity contribution in [3.8, 4) is 11.4 Å². The van der Waals surface area contributed by atoms with E-state index in [1.165, 1.54) is 0 Å². The first-order chi connectivity index (χ1) is 12.9. The van der Waals surface area contributed by atoms with Crippen molar-refractivity contribution in [1.82, 2.24) is 14.8 Å². The molecule has 0 unspecified atom stereocenters. The summed E-state index contributed by atoms with van der Waals surface area (Å²) in [5, 5.41) is 8.46. The number of nitrogens with one attached hydrogen (secondary N) is 1. The molecule has 7 heteroatoms. The van der Waals surface area contributed by atoms with Gasteiger partial charge in [0.25, 0.3) is 0 Å². The monoisotopic (exact) mass is 379 g/mol. The molecule has 0 fully saturated rings. The number of benzene rings is 2. The Morgan fingerprint density at radius 2 is 1.93 bits per heavy atom. The summed E-state index contributed by atoms with van der Waals surface area (Å²) in [6.45, 7) is 3.83. The number of primary amides is 1. The van der Waals surface area contributed by atoms with Crippen molar-refractivity contribution in [1.29, 1.82) is 0 Å². The van der Waals surface area contributed by atoms with Gasteiger partial charge in [-0.1, -0.05) is 41.4 Å². The Kier molecular flexibility index (Phi) is 4.20. The Morgan fingerprint density at radius 3 is 2.59 bits per heavy atom. The molecule has 0 aliphatic carbocycles. The number of nitrogens with zero attached hydrogens (tertiary/aromatic N) is 3. The van der Waals surface area contributed by atoms with E-state index in [0.717, 1.165) is 16.7 Å². The zero-order chi connectivity index (χ0) is 19.1. The van der Waals surface area contributed by atoms with Crippen molar-refractivity contribution in [2.24, 2.45) is 5.73 Å².